The minimum Gasteiger partial charge on any atom is -0.455 e. The quantitative estimate of drug-likeness (QED) is 0.455. The van der Waals surface area contributed by atoms with E-state index in [1.54, 1.807) is 0 Å². The number of anilines is 2. The zero-order valence-corrected chi connectivity index (χ0v) is 21.0. The van der Waals surface area contributed by atoms with E-state index in [2.05, 4.69) is 18.2 Å². The Morgan fingerprint density at radius 3 is 1.43 bits per heavy atom. The second-order valence-corrected chi connectivity index (χ2v) is 14.0. The van der Waals surface area contributed by atoms with Crippen molar-refractivity contribution in [2.75, 3.05) is 11.5 Å². The highest BCUT2D eigenvalue weighted by Gasteiger charge is 2.55. The van der Waals surface area contributed by atoms with Crippen molar-refractivity contribution in [1.29, 1.82) is 0 Å². The number of rotatable bonds is 4. The Morgan fingerprint density at radius 2 is 1.03 bits per heavy atom. The normalized spacial score (nSPS) is 42.5. The molecule has 0 amide bonds. The molecule has 0 heterocycles. The summed E-state index contributed by atoms with van der Waals surface area (Å²) in [5.41, 5.74) is 17.5. The third kappa shape index (κ3) is 3.15. The lowest BCUT2D eigenvalue weighted by atomic mass is 9.46. The summed E-state index contributed by atoms with van der Waals surface area (Å²) >= 11 is 0. The molecule has 0 radical (unpaired) electrons. The fourth-order valence-corrected chi connectivity index (χ4v) is 11.1. The Kier molecular flexibility index (Phi) is 4.32. The fraction of sp³-hybridized carbons (Fsp3) is 0.625. The third-order valence-electron chi connectivity index (χ3n) is 11.5. The maximum Gasteiger partial charge on any atom is 0.150 e. The fourth-order valence-electron chi connectivity index (χ4n) is 11.1. The van der Waals surface area contributed by atoms with Crippen molar-refractivity contribution in [3.8, 4) is 11.5 Å². The first-order valence-corrected chi connectivity index (χ1v) is 14.4. The van der Waals surface area contributed by atoms with Gasteiger partial charge in [0.25, 0.3) is 0 Å². The maximum atomic E-state index is 7.02. The third-order valence-corrected chi connectivity index (χ3v) is 11.5. The van der Waals surface area contributed by atoms with Crippen LogP contribution in [-0.4, -0.2) is 0 Å². The van der Waals surface area contributed by atoms with E-state index in [9.17, 15) is 0 Å². The van der Waals surface area contributed by atoms with Crippen LogP contribution in [0, 0.1) is 35.5 Å². The summed E-state index contributed by atoms with van der Waals surface area (Å²) in [6.07, 6.45) is 17.0. The van der Waals surface area contributed by atoms with Gasteiger partial charge in [-0.15, -0.1) is 0 Å². The van der Waals surface area contributed by atoms with Crippen LogP contribution in [-0.2, 0) is 10.8 Å². The van der Waals surface area contributed by atoms with E-state index in [0.717, 1.165) is 41.3 Å². The van der Waals surface area contributed by atoms with Gasteiger partial charge < -0.3 is 16.2 Å². The molecule has 8 aliphatic carbocycles. The van der Waals surface area contributed by atoms with Gasteiger partial charge in [0, 0.05) is 16.8 Å². The summed E-state index contributed by atoms with van der Waals surface area (Å²) in [5.74, 6) is 7.46. The van der Waals surface area contributed by atoms with Crippen LogP contribution in [0.25, 0.3) is 0 Å². The molecule has 3 heteroatoms. The molecule has 0 atom stereocenters. The molecular formula is C32H40N2O. The first-order chi connectivity index (χ1) is 17.0. The molecule has 0 aliphatic heterocycles. The van der Waals surface area contributed by atoms with Crippen LogP contribution >= 0.6 is 0 Å². The van der Waals surface area contributed by atoms with Crippen molar-refractivity contribution in [3.63, 3.8) is 0 Å². The van der Waals surface area contributed by atoms with E-state index in [1.165, 1.54) is 93.9 Å². The minimum atomic E-state index is 0.297. The van der Waals surface area contributed by atoms with E-state index in [-0.39, 0.29) is 0 Å². The maximum absolute atomic E-state index is 7.02. The largest absolute Gasteiger partial charge is 0.455 e. The van der Waals surface area contributed by atoms with E-state index in [0.29, 0.717) is 22.2 Å². The monoisotopic (exact) mass is 468 g/mol. The number of nitrogen functional groups attached to an aromatic ring is 2. The molecule has 35 heavy (non-hydrogen) atoms. The van der Waals surface area contributed by atoms with Crippen LogP contribution in [0.3, 0.4) is 0 Å². The van der Waals surface area contributed by atoms with Crippen molar-refractivity contribution in [3.05, 3.63) is 47.5 Å². The molecule has 0 saturated heterocycles. The number of nitrogens with two attached hydrogens (primary N) is 2. The number of ether oxygens (including phenoxy) is 1. The predicted molar refractivity (Wildman–Crippen MR) is 141 cm³/mol. The van der Waals surface area contributed by atoms with Crippen molar-refractivity contribution in [1.82, 2.24) is 0 Å². The highest BCUT2D eigenvalue weighted by atomic mass is 16.5. The molecule has 8 fully saturated rings. The Bertz CT molecular complexity index is 1050. The van der Waals surface area contributed by atoms with Gasteiger partial charge in [-0.1, -0.05) is 18.2 Å². The average molecular weight is 469 g/mol. The Labute approximate surface area is 210 Å². The van der Waals surface area contributed by atoms with Crippen LogP contribution in [0.15, 0.2) is 36.4 Å². The zero-order chi connectivity index (χ0) is 23.4. The van der Waals surface area contributed by atoms with Crippen molar-refractivity contribution >= 4 is 11.4 Å². The van der Waals surface area contributed by atoms with Crippen molar-refractivity contribution in [2.24, 2.45) is 35.5 Å². The SMILES string of the molecule is Nc1ccc(Oc2c(C34CC5CC(CC(C5)C3)C4)cccc2C23CC4CC(CC(C4)C2)C3)c(N)c1. The van der Waals surface area contributed by atoms with E-state index < -0.39 is 0 Å². The molecule has 184 valence electrons. The van der Waals surface area contributed by atoms with Crippen LogP contribution in [0.2, 0.25) is 0 Å². The molecule has 4 N–H and O–H groups in total. The van der Waals surface area contributed by atoms with E-state index in [1.807, 2.05) is 18.2 Å². The van der Waals surface area contributed by atoms with E-state index in [4.69, 9.17) is 16.2 Å². The first-order valence-electron chi connectivity index (χ1n) is 14.4. The molecule has 8 saturated carbocycles. The highest BCUT2D eigenvalue weighted by molar-refractivity contribution is 5.63. The molecule has 0 aromatic heterocycles. The summed E-state index contributed by atoms with van der Waals surface area (Å²) in [6, 6.07) is 13.1. The molecular weight excluding hydrogens is 428 g/mol. The summed E-state index contributed by atoms with van der Waals surface area (Å²) in [7, 11) is 0. The second-order valence-electron chi connectivity index (χ2n) is 14.0. The lowest BCUT2D eigenvalue weighted by Crippen LogP contribution is -2.50. The Balaban J connectivity index is 1.29. The van der Waals surface area contributed by atoms with Gasteiger partial charge in [0.15, 0.2) is 0 Å². The first kappa shape index (κ1) is 21.0. The second kappa shape index (κ2) is 7.20. The summed E-state index contributed by atoms with van der Waals surface area (Å²) in [5, 5.41) is 0. The van der Waals surface area contributed by atoms with Gasteiger partial charge in [-0.3, -0.25) is 0 Å². The number of benzene rings is 2. The molecule has 0 unspecified atom stereocenters. The number of hydrogen-bond donors (Lipinski definition) is 2. The summed E-state index contributed by atoms with van der Waals surface area (Å²) < 4.78 is 7.02. The minimum absolute atomic E-state index is 0.297. The van der Waals surface area contributed by atoms with Crippen LogP contribution in [0.5, 0.6) is 11.5 Å². The van der Waals surface area contributed by atoms with Gasteiger partial charge in [0.05, 0.1) is 5.69 Å². The summed E-state index contributed by atoms with van der Waals surface area (Å²) in [4.78, 5) is 0. The van der Waals surface area contributed by atoms with Gasteiger partial charge in [0.1, 0.15) is 11.5 Å². The van der Waals surface area contributed by atoms with Crippen LogP contribution in [0.4, 0.5) is 11.4 Å². The van der Waals surface area contributed by atoms with Gasteiger partial charge >= 0.3 is 0 Å². The number of para-hydroxylation sites is 1. The van der Waals surface area contributed by atoms with Crippen LogP contribution < -0.4 is 16.2 Å². The van der Waals surface area contributed by atoms with Crippen molar-refractivity contribution in [2.45, 2.75) is 87.9 Å². The highest BCUT2D eigenvalue weighted by Crippen LogP contribution is 2.66. The molecule has 10 rings (SSSR count). The topological polar surface area (TPSA) is 61.3 Å². The molecule has 8 bridgehead atoms. The Hall–Kier alpha value is -2.16. The van der Waals surface area contributed by atoms with Crippen molar-refractivity contribution < 1.29 is 4.74 Å². The lowest BCUT2D eigenvalue weighted by Gasteiger charge is -2.59. The van der Waals surface area contributed by atoms with Gasteiger partial charge in [-0.05, 0) is 142 Å². The van der Waals surface area contributed by atoms with Gasteiger partial charge in [-0.2, -0.15) is 0 Å². The molecule has 2 aromatic carbocycles. The zero-order valence-electron chi connectivity index (χ0n) is 21.0. The molecule has 3 nitrogen and oxygen atoms in total. The Morgan fingerprint density at radius 1 is 0.600 bits per heavy atom. The molecule has 8 aliphatic rings. The molecule has 0 spiro atoms. The van der Waals surface area contributed by atoms with Gasteiger partial charge in [-0.25, -0.2) is 0 Å². The van der Waals surface area contributed by atoms with Gasteiger partial charge in [0.2, 0.25) is 0 Å². The predicted octanol–water partition coefficient (Wildman–Crippen LogP) is 7.58. The van der Waals surface area contributed by atoms with Crippen LogP contribution in [0.1, 0.15) is 88.2 Å². The standard InChI is InChI=1S/C32H40N2O/c33-25-4-5-29(28(34)12-25)35-30-26(31-13-19-6-20(14-31)8-21(7-19)15-31)2-1-3-27(30)32-16-22-9-23(17-32)11-24(10-22)18-32/h1-5,12,19-24H,6-11,13-18,33-34H2. The lowest BCUT2D eigenvalue weighted by molar-refractivity contribution is -0.00993. The number of hydrogen-bond acceptors (Lipinski definition) is 3. The molecule has 2 aromatic rings. The van der Waals surface area contributed by atoms with E-state index >= 15 is 0 Å². The average Bonchev–Trinajstić information content (AvgIpc) is 2.79. The summed E-state index contributed by atoms with van der Waals surface area (Å²) in [6.45, 7) is 0. The smallest absolute Gasteiger partial charge is 0.150 e.